The average molecular weight is 218 g/mol. The Balaban J connectivity index is 2.38. The molecule has 1 unspecified atom stereocenters. The van der Waals surface area contributed by atoms with Crippen LogP contribution in [0.5, 0.6) is 0 Å². The summed E-state index contributed by atoms with van der Waals surface area (Å²) in [5, 5.41) is 19.0. The Morgan fingerprint density at radius 1 is 1.25 bits per heavy atom. The molecule has 0 fully saturated rings. The Morgan fingerprint density at radius 3 is 2.56 bits per heavy atom. The second-order valence-electron chi connectivity index (χ2n) is 3.72. The lowest BCUT2D eigenvalue weighted by Crippen LogP contribution is -2.12. The Hall–Kier alpha value is -1.74. The van der Waals surface area contributed by atoms with E-state index in [4.69, 9.17) is 9.84 Å². The quantitative estimate of drug-likeness (QED) is 0.801. The SMILES string of the molecule is CC1=C(O)C(c2ccccc2)C=C(CO)O1. The molecule has 1 aliphatic rings. The number of benzene rings is 1. The zero-order valence-electron chi connectivity index (χ0n) is 9.05. The standard InChI is InChI=1S/C13H14O3/c1-9-13(15)12(7-11(8-14)16-9)10-5-3-2-4-6-10/h2-7,12,14-15H,8H2,1H3. The predicted octanol–water partition coefficient (Wildman–Crippen LogP) is 2.47. The van der Waals surface area contributed by atoms with E-state index < -0.39 is 0 Å². The Morgan fingerprint density at radius 2 is 1.94 bits per heavy atom. The first kappa shape index (κ1) is 10.8. The van der Waals surface area contributed by atoms with E-state index in [9.17, 15) is 5.11 Å². The van der Waals surface area contributed by atoms with Crippen LogP contribution in [0.25, 0.3) is 0 Å². The van der Waals surface area contributed by atoms with Gasteiger partial charge in [-0.2, -0.15) is 0 Å². The van der Waals surface area contributed by atoms with Crippen LogP contribution in [0.3, 0.4) is 0 Å². The number of hydrogen-bond donors (Lipinski definition) is 2. The van der Waals surface area contributed by atoms with Crippen molar-refractivity contribution < 1.29 is 14.9 Å². The summed E-state index contributed by atoms with van der Waals surface area (Å²) in [5.41, 5.74) is 0.980. The van der Waals surface area contributed by atoms with E-state index in [-0.39, 0.29) is 18.3 Å². The minimum absolute atomic E-state index is 0.159. The minimum atomic E-state index is -0.225. The molecule has 0 aliphatic carbocycles. The van der Waals surface area contributed by atoms with Crippen LogP contribution in [0.1, 0.15) is 18.4 Å². The smallest absolute Gasteiger partial charge is 0.141 e. The molecule has 2 rings (SSSR count). The molecule has 0 amide bonds. The van der Waals surface area contributed by atoms with Gasteiger partial charge >= 0.3 is 0 Å². The summed E-state index contributed by atoms with van der Waals surface area (Å²) >= 11 is 0. The molecule has 3 heteroatoms. The van der Waals surface area contributed by atoms with Crippen molar-refractivity contribution in [3.8, 4) is 0 Å². The van der Waals surface area contributed by atoms with Gasteiger partial charge in [-0.15, -0.1) is 0 Å². The summed E-state index contributed by atoms with van der Waals surface area (Å²) in [6.45, 7) is 1.53. The van der Waals surface area contributed by atoms with E-state index in [2.05, 4.69) is 0 Å². The first-order valence-corrected chi connectivity index (χ1v) is 5.16. The summed E-state index contributed by atoms with van der Waals surface area (Å²) in [7, 11) is 0. The van der Waals surface area contributed by atoms with Crippen molar-refractivity contribution in [1.82, 2.24) is 0 Å². The molecule has 0 spiro atoms. The minimum Gasteiger partial charge on any atom is -0.508 e. The van der Waals surface area contributed by atoms with Gasteiger partial charge < -0.3 is 14.9 Å². The second-order valence-corrected chi connectivity index (χ2v) is 3.72. The van der Waals surface area contributed by atoms with Gasteiger partial charge in [0.2, 0.25) is 0 Å². The fraction of sp³-hybridized carbons (Fsp3) is 0.231. The molecule has 0 saturated heterocycles. The van der Waals surface area contributed by atoms with Crippen molar-refractivity contribution in [3.05, 3.63) is 59.2 Å². The molecule has 0 aromatic heterocycles. The summed E-state index contributed by atoms with van der Waals surface area (Å²) in [6, 6.07) is 9.63. The van der Waals surface area contributed by atoms with E-state index in [1.54, 1.807) is 13.0 Å². The van der Waals surface area contributed by atoms with E-state index in [1.165, 1.54) is 0 Å². The summed E-state index contributed by atoms with van der Waals surface area (Å²) in [6.07, 6.45) is 1.73. The van der Waals surface area contributed by atoms with Gasteiger partial charge in [-0.05, 0) is 18.6 Å². The van der Waals surface area contributed by atoms with Gasteiger partial charge in [0.05, 0.1) is 5.92 Å². The first-order chi connectivity index (χ1) is 7.72. The van der Waals surface area contributed by atoms with E-state index >= 15 is 0 Å². The van der Waals surface area contributed by atoms with Crippen molar-refractivity contribution in [2.45, 2.75) is 12.8 Å². The van der Waals surface area contributed by atoms with Crippen LogP contribution >= 0.6 is 0 Å². The molecule has 0 radical (unpaired) electrons. The maximum atomic E-state index is 9.93. The van der Waals surface area contributed by atoms with Crippen LogP contribution in [0, 0.1) is 0 Å². The van der Waals surface area contributed by atoms with Crippen LogP contribution in [0.15, 0.2) is 53.7 Å². The molecule has 3 nitrogen and oxygen atoms in total. The first-order valence-electron chi connectivity index (χ1n) is 5.16. The topological polar surface area (TPSA) is 49.7 Å². The van der Waals surface area contributed by atoms with Crippen molar-refractivity contribution >= 4 is 0 Å². The molecule has 1 atom stereocenters. The zero-order valence-corrected chi connectivity index (χ0v) is 9.05. The molecule has 0 bridgehead atoms. The fourth-order valence-electron chi connectivity index (χ4n) is 1.77. The Kier molecular flexibility index (Phi) is 2.97. The number of rotatable bonds is 2. The van der Waals surface area contributed by atoms with Crippen molar-refractivity contribution in [3.63, 3.8) is 0 Å². The predicted molar refractivity (Wildman–Crippen MR) is 60.8 cm³/mol. The van der Waals surface area contributed by atoms with Gasteiger partial charge in [0.15, 0.2) is 0 Å². The third-order valence-corrected chi connectivity index (χ3v) is 2.61. The maximum Gasteiger partial charge on any atom is 0.141 e. The van der Waals surface area contributed by atoms with Gasteiger partial charge in [-0.25, -0.2) is 0 Å². The molecule has 2 N–H and O–H groups in total. The zero-order chi connectivity index (χ0) is 11.5. The van der Waals surface area contributed by atoms with Crippen LogP contribution < -0.4 is 0 Å². The number of aliphatic hydroxyl groups is 2. The molecule has 1 aromatic rings. The van der Waals surface area contributed by atoms with Crippen LogP contribution in [0.2, 0.25) is 0 Å². The highest BCUT2D eigenvalue weighted by atomic mass is 16.5. The monoisotopic (exact) mass is 218 g/mol. The molecular weight excluding hydrogens is 204 g/mol. The van der Waals surface area contributed by atoms with Crippen molar-refractivity contribution in [2.75, 3.05) is 6.61 Å². The highest BCUT2D eigenvalue weighted by Gasteiger charge is 2.23. The van der Waals surface area contributed by atoms with E-state index in [1.807, 2.05) is 30.3 Å². The van der Waals surface area contributed by atoms with Crippen LogP contribution in [-0.2, 0) is 4.74 Å². The van der Waals surface area contributed by atoms with E-state index in [0.717, 1.165) is 5.56 Å². The third kappa shape index (κ3) is 1.95. The van der Waals surface area contributed by atoms with Crippen LogP contribution in [0.4, 0.5) is 0 Å². The highest BCUT2D eigenvalue weighted by Crippen LogP contribution is 2.32. The van der Waals surface area contributed by atoms with E-state index in [0.29, 0.717) is 11.5 Å². The fourth-order valence-corrected chi connectivity index (χ4v) is 1.77. The van der Waals surface area contributed by atoms with Crippen LogP contribution in [-0.4, -0.2) is 16.8 Å². The maximum absolute atomic E-state index is 9.93. The summed E-state index contributed by atoms with van der Waals surface area (Å²) in [5.74, 6) is 0.894. The molecule has 1 heterocycles. The third-order valence-electron chi connectivity index (χ3n) is 2.61. The van der Waals surface area contributed by atoms with Gasteiger partial charge in [-0.3, -0.25) is 0 Å². The molecule has 16 heavy (non-hydrogen) atoms. The second kappa shape index (κ2) is 4.41. The lowest BCUT2D eigenvalue weighted by molar-refractivity contribution is 0.186. The Bertz CT molecular complexity index is 432. The molecule has 1 aromatic carbocycles. The summed E-state index contributed by atoms with van der Waals surface area (Å²) in [4.78, 5) is 0. The lowest BCUT2D eigenvalue weighted by Gasteiger charge is -2.22. The van der Waals surface area contributed by atoms with Gasteiger partial charge in [0, 0.05) is 0 Å². The molecule has 0 saturated carbocycles. The number of hydrogen-bond acceptors (Lipinski definition) is 3. The van der Waals surface area contributed by atoms with Crippen molar-refractivity contribution in [2.24, 2.45) is 0 Å². The van der Waals surface area contributed by atoms with Gasteiger partial charge in [0.25, 0.3) is 0 Å². The van der Waals surface area contributed by atoms with Gasteiger partial charge in [0.1, 0.15) is 23.9 Å². The molecule has 1 aliphatic heterocycles. The van der Waals surface area contributed by atoms with Crippen molar-refractivity contribution in [1.29, 1.82) is 0 Å². The lowest BCUT2D eigenvalue weighted by atomic mass is 9.94. The van der Waals surface area contributed by atoms with Gasteiger partial charge in [-0.1, -0.05) is 30.3 Å². The largest absolute Gasteiger partial charge is 0.508 e. The number of ether oxygens (including phenoxy) is 1. The Labute approximate surface area is 94.3 Å². The number of aliphatic hydroxyl groups excluding tert-OH is 2. The number of allylic oxidation sites excluding steroid dienone is 2. The normalized spacial score (nSPS) is 20.4. The average Bonchev–Trinajstić information content (AvgIpc) is 2.33. The highest BCUT2D eigenvalue weighted by molar-refractivity contribution is 5.35. The molecular formula is C13H14O3. The molecule has 84 valence electrons. The summed E-state index contributed by atoms with van der Waals surface area (Å²) < 4.78 is 5.24.